The minimum atomic E-state index is -3.35. The fraction of sp³-hybridized carbons (Fsp3) is 0.588. The third-order valence-corrected chi connectivity index (χ3v) is 5.07. The second kappa shape index (κ2) is 9.03. The first kappa shape index (κ1) is 20.4. The van der Waals surface area contributed by atoms with Gasteiger partial charge >= 0.3 is 0 Å². The number of carbonyl (C=O) groups excluding carboxylic acids is 1. The smallest absolute Gasteiger partial charge is 0.251 e. The molecule has 6 nitrogen and oxygen atoms in total. The first-order chi connectivity index (χ1) is 11.2. The lowest BCUT2D eigenvalue weighted by atomic mass is 10.2. The van der Waals surface area contributed by atoms with Gasteiger partial charge in [0.15, 0.2) is 0 Å². The Hall–Kier alpha value is -1.60. The van der Waals surface area contributed by atoms with Crippen LogP contribution in [-0.2, 0) is 10.0 Å². The Balaban J connectivity index is 2.66. The summed E-state index contributed by atoms with van der Waals surface area (Å²) in [5, 5.41) is 2.89. The topological polar surface area (TPSA) is 78.5 Å². The molecule has 0 bridgehead atoms. The molecule has 7 heteroatoms. The molecule has 0 radical (unpaired) electrons. The molecule has 1 rings (SSSR count). The van der Waals surface area contributed by atoms with Gasteiger partial charge in [0.1, 0.15) is 0 Å². The number of hydrogen-bond acceptors (Lipinski definition) is 4. The van der Waals surface area contributed by atoms with E-state index in [1.807, 2.05) is 0 Å². The van der Waals surface area contributed by atoms with Gasteiger partial charge in [-0.2, -0.15) is 0 Å². The SMILES string of the molecule is CCS(=O)(=O)Nc1cccc(C(=O)NCCN(C(C)C)C(C)C)c1. The van der Waals surface area contributed by atoms with Crippen LogP contribution in [0.15, 0.2) is 24.3 Å². The predicted molar refractivity (Wildman–Crippen MR) is 98.8 cm³/mol. The number of nitrogens with zero attached hydrogens (tertiary/aromatic N) is 1. The Morgan fingerprint density at radius 1 is 1.17 bits per heavy atom. The number of rotatable bonds is 9. The van der Waals surface area contributed by atoms with Crippen LogP contribution in [0.2, 0.25) is 0 Å². The van der Waals surface area contributed by atoms with E-state index in [2.05, 4.69) is 42.6 Å². The number of benzene rings is 1. The van der Waals surface area contributed by atoms with Crippen LogP contribution < -0.4 is 10.0 Å². The van der Waals surface area contributed by atoms with Crippen molar-refractivity contribution >= 4 is 21.6 Å². The van der Waals surface area contributed by atoms with Crippen molar-refractivity contribution in [2.24, 2.45) is 0 Å². The van der Waals surface area contributed by atoms with Crippen molar-refractivity contribution in [3.05, 3.63) is 29.8 Å². The fourth-order valence-electron chi connectivity index (χ4n) is 2.49. The Morgan fingerprint density at radius 3 is 2.33 bits per heavy atom. The average molecular weight is 356 g/mol. The van der Waals surface area contributed by atoms with E-state index in [-0.39, 0.29) is 11.7 Å². The maximum absolute atomic E-state index is 12.2. The third-order valence-electron chi connectivity index (χ3n) is 3.76. The van der Waals surface area contributed by atoms with E-state index >= 15 is 0 Å². The zero-order valence-electron chi connectivity index (χ0n) is 15.2. The molecule has 136 valence electrons. The van der Waals surface area contributed by atoms with Gasteiger partial charge in [-0.05, 0) is 52.8 Å². The molecule has 0 unspecified atom stereocenters. The molecule has 0 spiro atoms. The Kier molecular flexibility index (Phi) is 7.69. The monoisotopic (exact) mass is 355 g/mol. The van der Waals surface area contributed by atoms with Crippen LogP contribution >= 0.6 is 0 Å². The van der Waals surface area contributed by atoms with Gasteiger partial charge in [-0.15, -0.1) is 0 Å². The molecular weight excluding hydrogens is 326 g/mol. The maximum atomic E-state index is 12.2. The van der Waals surface area contributed by atoms with Crippen LogP contribution in [0.5, 0.6) is 0 Å². The zero-order chi connectivity index (χ0) is 18.3. The molecular formula is C17H29N3O3S. The van der Waals surface area contributed by atoms with Crippen molar-refractivity contribution in [2.75, 3.05) is 23.6 Å². The van der Waals surface area contributed by atoms with E-state index in [1.54, 1.807) is 31.2 Å². The summed E-state index contributed by atoms with van der Waals surface area (Å²) in [6.07, 6.45) is 0. The lowest BCUT2D eigenvalue weighted by molar-refractivity contribution is 0.0939. The highest BCUT2D eigenvalue weighted by Gasteiger charge is 2.14. The van der Waals surface area contributed by atoms with Crippen molar-refractivity contribution < 1.29 is 13.2 Å². The van der Waals surface area contributed by atoms with E-state index in [1.165, 1.54) is 0 Å². The number of carbonyl (C=O) groups is 1. The quantitative estimate of drug-likeness (QED) is 0.712. The zero-order valence-corrected chi connectivity index (χ0v) is 16.0. The lowest BCUT2D eigenvalue weighted by Gasteiger charge is -2.30. The highest BCUT2D eigenvalue weighted by Crippen LogP contribution is 2.12. The molecule has 0 aromatic heterocycles. The fourth-order valence-corrected chi connectivity index (χ4v) is 3.12. The molecule has 0 atom stereocenters. The van der Waals surface area contributed by atoms with Crippen LogP contribution in [-0.4, -0.2) is 50.2 Å². The molecule has 0 heterocycles. The Labute approximate surface area is 145 Å². The summed E-state index contributed by atoms with van der Waals surface area (Å²) in [6.45, 7) is 11.4. The lowest BCUT2D eigenvalue weighted by Crippen LogP contribution is -2.42. The second-order valence-corrected chi connectivity index (χ2v) is 8.28. The summed E-state index contributed by atoms with van der Waals surface area (Å²) in [5.74, 6) is -0.219. The highest BCUT2D eigenvalue weighted by atomic mass is 32.2. The molecule has 0 aliphatic heterocycles. The summed E-state index contributed by atoms with van der Waals surface area (Å²) in [6, 6.07) is 7.33. The van der Waals surface area contributed by atoms with Crippen LogP contribution in [0.1, 0.15) is 45.0 Å². The third kappa shape index (κ3) is 6.49. The predicted octanol–water partition coefficient (Wildman–Crippen LogP) is 2.30. The van der Waals surface area contributed by atoms with Crippen molar-refractivity contribution in [1.29, 1.82) is 0 Å². The number of sulfonamides is 1. The van der Waals surface area contributed by atoms with Gasteiger partial charge in [0.2, 0.25) is 10.0 Å². The standard InChI is InChI=1S/C17H29N3O3S/c1-6-24(22,23)19-16-9-7-8-15(12-16)17(21)18-10-11-20(13(2)3)14(4)5/h7-9,12-14,19H,6,10-11H2,1-5H3,(H,18,21). The van der Waals surface area contributed by atoms with E-state index in [9.17, 15) is 13.2 Å². The molecule has 1 aromatic carbocycles. The van der Waals surface area contributed by atoms with Gasteiger partial charge in [0.25, 0.3) is 5.91 Å². The van der Waals surface area contributed by atoms with Crippen LogP contribution in [0.4, 0.5) is 5.69 Å². The molecule has 0 saturated heterocycles. The summed E-state index contributed by atoms with van der Waals surface area (Å²) in [4.78, 5) is 14.5. The minimum absolute atomic E-state index is 0.0103. The van der Waals surface area contributed by atoms with E-state index in [0.717, 1.165) is 6.54 Å². The summed E-state index contributed by atoms with van der Waals surface area (Å²) >= 11 is 0. The number of amides is 1. The van der Waals surface area contributed by atoms with Gasteiger partial charge in [-0.25, -0.2) is 8.42 Å². The number of nitrogens with one attached hydrogen (secondary N) is 2. The van der Waals surface area contributed by atoms with Gasteiger partial charge in [-0.3, -0.25) is 14.4 Å². The van der Waals surface area contributed by atoms with E-state index in [4.69, 9.17) is 0 Å². The number of hydrogen-bond donors (Lipinski definition) is 2. The van der Waals surface area contributed by atoms with Crippen molar-refractivity contribution in [3.63, 3.8) is 0 Å². The van der Waals surface area contributed by atoms with Gasteiger partial charge in [-0.1, -0.05) is 6.07 Å². The average Bonchev–Trinajstić information content (AvgIpc) is 2.50. The summed E-state index contributed by atoms with van der Waals surface area (Å²) in [7, 11) is -3.35. The number of anilines is 1. The first-order valence-electron chi connectivity index (χ1n) is 8.30. The van der Waals surface area contributed by atoms with E-state index < -0.39 is 10.0 Å². The molecule has 0 fully saturated rings. The van der Waals surface area contributed by atoms with Crippen molar-refractivity contribution in [3.8, 4) is 0 Å². The summed E-state index contributed by atoms with van der Waals surface area (Å²) in [5.41, 5.74) is 0.836. The van der Waals surface area contributed by atoms with Crippen LogP contribution in [0.3, 0.4) is 0 Å². The largest absolute Gasteiger partial charge is 0.351 e. The molecule has 1 aromatic rings. The van der Waals surface area contributed by atoms with Gasteiger partial charge < -0.3 is 5.32 Å². The molecule has 24 heavy (non-hydrogen) atoms. The van der Waals surface area contributed by atoms with Gasteiger partial charge in [0, 0.05) is 36.4 Å². The van der Waals surface area contributed by atoms with E-state index in [0.29, 0.717) is 29.9 Å². The molecule has 0 aliphatic rings. The Morgan fingerprint density at radius 2 is 1.79 bits per heavy atom. The molecule has 2 N–H and O–H groups in total. The normalized spacial score (nSPS) is 12.0. The molecule has 0 saturated carbocycles. The second-order valence-electron chi connectivity index (χ2n) is 6.27. The van der Waals surface area contributed by atoms with Crippen molar-refractivity contribution in [2.45, 2.75) is 46.7 Å². The van der Waals surface area contributed by atoms with Crippen LogP contribution in [0.25, 0.3) is 0 Å². The van der Waals surface area contributed by atoms with Crippen LogP contribution in [0, 0.1) is 0 Å². The first-order valence-corrected chi connectivity index (χ1v) is 9.96. The van der Waals surface area contributed by atoms with Gasteiger partial charge in [0.05, 0.1) is 5.75 Å². The minimum Gasteiger partial charge on any atom is -0.351 e. The Bertz CT molecular complexity index is 634. The highest BCUT2D eigenvalue weighted by molar-refractivity contribution is 7.92. The van der Waals surface area contributed by atoms with Crippen molar-refractivity contribution in [1.82, 2.24) is 10.2 Å². The molecule has 1 amide bonds. The molecule has 0 aliphatic carbocycles. The maximum Gasteiger partial charge on any atom is 0.251 e. The summed E-state index contributed by atoms with van der Waals surface area (Å²) < 4.78 is 25.7.